The quantitative estimate of drug-likeness (QED) is 0.877. The van der Waals surface area contributed by atoms with Crippen molar-refractivity contribution in [2.75, 3.05) is 24.6 Å². The lowest BCUT2D eigenvalue weighted by Crippen LogP contribution is -2.42. The highest BCUT2D eigenvalue weighted by Gasteiger charge is 2.35. The molecule has 1 aromatic rings. The second-order valence-corrected chi connectivity index (χ2v) is 6.69. The zero-order chi connectivity index (χ0) is 14.6. The Bertz CT molecular complexity index is 404. The van der Waals surface area contributed by atoms with Crippen LogP contribution in [0.2, 0.25) is 0 Å². The molecule has 1 aromatic carbocycles. The van der Waals surface area contributed by atoms with Gasteiger partial charge in [-0.15, -0.1) is 0 Å². The Hall–Kier alpha value is -1.02. The SMILES string of the molecule is CCN(CC1(CO)CCC(C)CC1)c1ccc(C)cc1. The summed E-state index contributed by atoms with van der Waals surface area (Å²) in [6.07, 6.45) is 4.83. The third kappa shape index (κ3) is 3.54. The molecule has 20 heavy (non-hydrogen) atoms. The number of aryl methyl sites for hydroxylation is 1. The molecule has 1 aliphatic rings. The van der Waals surface area contributed by atoms with Crippen molar-refractivity contribution >= 4 is 5.69 Å². The van der Waals surface area contributed by atoms with Crippen LogP contribution in [0.15, 0.2) is 24.3 Å². The van der Waals surface area contributed by atoms with Gasteiger partial charge < -0.3 is 10.0 Å². The highest BCUT2D eigenvalue weighted by atomic mass is 16.3. The molecule has 112 valence electrons. The van der Waals surface area contributed by atoms with Crippen molar-refractivity contribution in [2.24, 2.45) is 11.3 Å². The first-order valence-electron chi connectivity index (χ1n) is 8.01. The zero-order valence-electron chi connectivity index (χ0n) is 13.2. The first-order valence-corrected chi connectivity index (χ1v) is 8.01. The monoisotopic (exact) mass is 275 g/mol. The second-order valence-electron chi connectivity index (χ2n) is 6.69. The Morgan fingerprint density at radius 3 is 2.30 bits per heavy atom. The smallest absolute Gasteiger partial charge is 0.0504 e. The molecule has 1 saturated carbocycles. The third-order valence-electron chi connectivity index (χ3n) is 4.98. The van der Waals surface area contributed by atoms with Gasteiger partial charge in [0.25, 0.3) is 0 Å². The van der Waals surface area contributed by atoms with E-state index in [9.17, 15) is 5.11 Å². The first-order chi connectivity index (χ1) is 9.58. The first kappa shape index (κ1) is 15.4. The van der Waals surface area contributed by atoms with Gasteiger partial charge in [0.15, 0.2) is 0 Å². The van der Waals surface area contributed by atoms with Crippen molar-refractivity contribution in [3.63, 3.8) is 0 Å². The van der Waals surface area contributed by atoms with Crippen molar-refractivity contribution in [2.45, 2.75) is 46.5 Å². The molecule has 2 rings (SSSR count). The summed E-state index contributed by atoms with van der Waals surface area (Å²) in [7, 11) is 0. The number of hydrogen-bond donors (Lipinski definition) is 1. The summed E-state index contributed by atoms with van der Waals surface area (Å²) in [5.74, 6) is 0.823. The Labute approximate surface area is 123 Å². The van der Waals surface area contributed by atoms with E-state index in [1.54, 1.807) is 0 Å². The minimum Gasteiger partial charge on any atom is -0.396 e. The summed E-state index contributed by atoms with van der Waals surface area (Å²) in [5.41, 5.74) is 2.69. The van der Waals surface area contributed by atoms with Crippen LogP contribution in [0.5, 0.6) is 0 Å². The fourth-order valence-corrected chi connectivity index (χ4v) is 3.29. The van der Waals surface area contributed by atoms with Crippen molar-refractivity contribution in [3.05, 3.63) is 29.8 Å². The highest BCUT2D eigenvalue weighted by molar-refractivity contribution is 5.47. The molecule has 0 aromatic heterocycles. The Morgan fingerprint density at radius 1 is 1.20 bits per heavy atom. The van der Waals surface area contributed by atoms with E-state index in [-0.39, 0.29) is 5.41 Å². The van der Waals surface area contributed by atoms with Crippen LogP contribution in [-0.4, -0.2) is 24.8 Å². The summed E-state index contributed by atoms with van der Waals surface area (Å²) in [4.78, 5) is 2.42. The van der Waals surface area contributed by atoms with Gasteiger partial charge in [-0.3, -0.25) is 0 Å². The minimum atomic E-state index is 0.105. The Kier molecular flexibility index (Phi) is 5.09. The average Bonchev–Trinajstić information content (AvgIpc) is 2.48. The lowest BCUT2D eigenvalue weighted by molar-refractivity contribution is 0.0732. The van der Waals surface area contributed by atoms with Crippen molar-refractivity contribution in [1.82, 2.24) is 0 Å². The highest BCUT2D eigenvalue weighted by Crippen LogP contribution is 2.39. The van der Waals surface area contributed by atoms with Crippen LogP contribution in [0.25, 0.3) is 0 Å². The van der Waals surface area contributed by atoms with Crippen LogP contribution in [0.3, 0.4) is 0 Å². The van der Waals surface area contributed by atoms with Gasteiger partial charge in [0.05, 0.1) is 6.61 Å². The maximum absolute atomic E-state index is 9.94. The van der Waals surface area contributed by atoms with E-state index in [4.69, 9.17) is 0 Å². The maximum atomic E-state index is 9.94. The number of nitrogens with zero attached hydrogens (tertiary/aromatic N) is 1. The van der Waals surface area contributed by atoms with Crippen LogP contribution in [-0.2, 0) is 0 Å². The fourth-order valence-electron chi connectivity index (χ4n) is 3.29. The lowest BCUT2D eigenvalue weighted by Gasteiger charge is -2.42. The molecule has 0 heterocycles. The molecule has 2 nitrogen and oxygen atoms in total. The molecular formula is C18H29NO. The topological polar surface area (TPSA) is 23.5 Å². The van der Waals surface area contributed by atoms with Gasteiger partial charge >= 0.3 is 0 Å². The van der Waals surface area contributed by atoms with Crippen LogP contribution >= 0.6 is 0 Å². The molecule has 0 atom stereocenters. The van der Waals surface area contributed by atoms with Crippen molar-refractivity contribution in [1.29, 1.82) is 0 Å². The average molecular weight is 275 g/mol. The van der Waals surface area contributed by atoms with E-state index < -0.39 is 0 Å². The number of rotatable bonds is 5. The molecule has 0 bridgehead atoms. The van der Waals surface area contributed by atoms with Gasteiger partial charge in [-0.05, 0) is 44.7 Å². The molecular weight excluding hydrogens is 246 g/mol. The summed E-state index contributed by atoms with van der Waals surface area (Å²) < 4.78 is 0. The van der Waals surface area contributed by atoms with E-state index in [0.717, 1.165) is 31.8 Å². The van der Waals surface area contributed by atoms with Gasteiger partial charge in [-0.1, -0.05) is 37.5 Å². The van der Waals surface area contributed by atoms with Crippen LogP contribution in [0.4, 0.5) is 5.69 Å². The van der Waals surface area contributed by atoms with E-state index in [1.807, 2.05) is 0 Å². The van der Waals surface area contributed by atoms with Gasteiger partial charge in [0, 0.05) is 24.2 Å². The van der Waals surface area contributed by atoms with Gasteiger partial charge in [0.2, 0.25) is 0 Å². The molecule has 1 fully saturated rings. The lowest BCUT2D eigenvalue weighted by atomic mass is 9.71. The number of hydrogen-bond acceptors (Lipinski definition) is 2. The number of benzene rings is 1. The predicted octanol–water partition coefficient (Wildman–Crippen LogP) is 4.01. The van der Waals surface area contributed by atoms with Crippen LogP contribution in [0.1, 0.15) is 45.1 Å². The molecule has 0 spiro atoms. The van der Waals surface area contributed by atoms with Crippen molar-refractivity contribution in [3.8, 4) is 0 Å². The molecule has 1 aliphatic carbocycles. The van der Waals surface area contributed by atoms with E-state index >= 15 is 0 Å². The zero-order valence-corrected chi connectivity index (χ0v) is 13.2. The standard InChI is InChI=1S/C18H29NO/c1-4-19(17-7-5-15(2)6-8-17)13-18(14-20)11-9-16(3)10-12-18/h5-8,16,20H,4,9-14H2,1-3H3. The van der Waals surface area contributed by atoms with Crippen LogP contribution < -0.4 is 4.90 Å². The third-order valence-corrected chi connectivity index (χ3v) is 4.98. The van der Waals surface area contributed by atoms with E-state index in [0.29, 0.717) is 6.61 Å². The van der Waals surface area contributed by atoms with E-state index in [1.165, 1.54) is 24.1 Å². The van der Waals surface area contributed by atoms with Gasteiger partial charge in [0.1, 0.15) is 0 Å². The van der Waals surface area contributed by atoms with Crippen LogP contribution in [0, 0.1) is 18.3 Å². The summed E-state index contributed by atoms with van der Waals surface area (Å²) in [6.45, 7) is 8.96. The normalized spacial score (nSPS) is 26.5. The minimum absolute atomic E-state index is 0.105. The summed E-state index contributed by atoms with van der Waals surface area (Å²) in [6, 6.07) is 8.75. The number of aliphatic hydroxyl groups excluding tert-OH is 1. The Morgan fingerprint density at radius 2 is 1.80 bits per heavy atom. The van der Waals surface area contributed by atoms with Gasteiger partial charge in [-0.2, -0.15) is 0 Å². The molecule has 0 unspecified atom stereocenters. The molecule has 1 N–H and O–H groups in total. The summed E-state index contributed by atoms with van der Waals surface area (Å²) in [5, 5.41) is 9.94. The molecule has 0 saturated heterocycles. The summed E-state index contributed by atoms with van der Waals surface area (Å²) >= 11 is 0. The van der Waals surface area contributed by atoms with E-state index in [2.05, 4.69) is 49.9 Å². The fraction of sp³-hybridized carbons (Fsp3) is 0.667. The second kappa shape index (κ2) is 6.62. The molecule has 2 heteroatoms. The largest absolute Gasteiger partial charge is 0.396 e. The number of anilines is 1. The predicted molar refractivity (Wildman–Crippen MR) is 86.2 cm³/mol. The molecule has 0 amide bonds. The maximum Gasteiger partial charge on any atom is 0.0504 e. The van der Waals surface area contributed by atoms with Crippen molar-refractivity contribution < 1.29 is 5.11 Å². The molecule has 0 radical (unpaired) electrons. The van der Waals surface area contributed by atoms with Gasteiger partial charge in [-0.25, -0.2) is 0 Å². The Balaban J connectivity index is 2.09. The molecule has 0 aliphatic heterocycles. The number of aliphatic hydroxyl groups is 1.